The van der Waals surface area contributed by atoms with Gasteiger partial charge in [-0.2, -0.15) is 11.8 Å². The number of halogens is 2. The van der Waals surface area contributed by atoms with Crippen molar-refractivity contribution in [3.8, 4) is 0 Å². The van der Waals surface area contributed by atoms with E-state index in [-0.39, 0.29) is 24.1 Å². The summed E-state index contributed by atoms with van der Waals surface area (Å²) in [6.07, 6.45) is 2.98. The molecule has 2 heterocycles. The molecule has 0 saturated carbocycles. The number of carbonyl (C=O) groups is 1. The van der Waals surface area contributed by atoms with Crippen LogP contribution in [0.4, 0.5) is 0 Å². The Labute approximate surface area is 191 Å². The Morgan fingerprint density at radius 3 is 2.83 bits per heavy atom. The fourth-order valence-electron chi connectivity index (χ4n) is 3.30. The molecule has 1 aromatic carbocycles. The average Bonchev–Trinajstić information content (AvgIpc) is 3.24. The van der Waals surface area contributed by atoms with Crippen LogP contribution < -0.4 is 5.32 Å². The molecule has 164 valence electrons. The third-order valence-corrected chi connectivity index (χ3v) is 8.39. The van der Waals surface area contributed by atoms with Crippen LogP contribution in [0, 0.1) is 5.92 Å². The molecule has 1 aliphatic rings. The summed E-state index contributed by atoms with van der Waals surface area (Å²) in [7, 11) is -3.55. The Morgan fingerprint density at radius 1 is 1.27 bits per heavy atom. The van der Waals surface area contributed by atoms with E-state index in [1.807, 2.05) is 12.1 Å². The first-order valence-electron chi connectivity index (χ1n) is 9.65. The summed E-state index contributed by atoms with van der Waals surface area (Å²) in [5.74, 6) is 1.83. The molecule has 2 aromatic rings. The van der Waals surface area contributed by atoms with Crippen molar-refractivity contribution >= 4 is 50.9 Å². The van der Waals surface area contributed by atoms with Gasteiger partial charge in [0.1, 0.15) is 5.76 Å². The molecule has 1 amide bonds. The Kier molecular flexibility index (Phi) is 8.53. The number of hydrogen-bond donors (Lipinski definition) is 1. The van der Waals surface area contributed by atoms with E-state index in [2.05, 4.69) is 5.32 Å². The maximum Gasteiger partial charge on any atom is 0.224 e. The van der Waals surface area contributed by atoms with Crippen LogP contribution in [0.2, 0.25) is 10.0 Å². The first-order chi connectivity index (χ1) is 14.3. The Hall–Kier alpha value is -1.19. The first-order valence-corrected chi connectivity index (χ1v) is 13.2. The number of rotatable bonds is 9. The molecule has 1 atom stereocenters. The Morgan fingerprint density at radius 2 is 2.10 bits per heavy atom. The normalized spacial score (nSPS) is 17.7. The molecule has 10 heteroatoms. The van der Waals surface area contributed by atoms with Gasteiger partial charge in [-0.05, 0) is 42.7 Å². The van der Waals surface area contributed by atoms with E-state index in [4.69, 9.17) is 27.6 Å². The zero-order chi connectivity index (χ0) is 21.6. The average molecular weight is 491 g/mol. The van der Waals surface area contributed by atoms with E-state index < -0.39 is 10.0 Å². The van der Waals surface area contributed by atoms with Gasteiger partial charge in [-0.3, -0.25) is 4.79 Å². The van der Waals surface area contributed by atoms with Crippen LogP contribution in [-0.4, -0.2) is 44.0 Å². The van der Waals surface area contributed by atoms with E-state index in [1.54, 1.807) is 36.2 Å². The van der Waals surface area contributed by atoms with Crippen molar-refractivity contribution in [3.63, 3.8) is 0 Å². The fraction of sp³-hybridized carbons (Fsp3) is 0.450. The lowest BCUT2D eigenvalue weighted by molar-refractivity contribution is -0.125. The van der Waals surface area contributed by atoms with Gasteiger partial charge in [0, 0.05) is 25.4 Å². The number of carbonyl (C=O) groups excluding carboxylic acids is 1. The van der Waals surface area contributed by atoms with Gasteiger partial charge in [0.2, 0.25) is 15.9 Å². The highest BCUT2D eigenvalue weighted by atomic mass is 35.5. The molecule has 6 nitrogen and oxygen atoms in total. The maximum absolute atomic E-state index is 12.8. The highest BCUT2D eigenvalue weighted by Crippen LogP contribution is 2.26. The predicted octanol–water partition coefficient (Wildman–Crippen LogP) is 4.18. The number of piperidine rings is 1. The molecular formula is C20H24Cl2N2O4S2. The molecule has 0 radical (unpaired) electrons. The second-order valence-electron chi connectivity index (χ2n) is 7.12. The molecule has 0 bridgehead atoms. The summed E-state index contributed by atoms with van der Waals surface area (Å²) in [5.41, 5.74) is 0.574. The minimum atomic E-state index is -3.55. The summed E-state index contributed by atoms with van der Waals surface area (Å²) < 4.78 is 32.4. The molecular weight excluding hydrogens is 467 g/mol. The third kappa shape index (κ3) is 6.65. The van der Waals surface area contributed by atoms with Gasteiger partial charge >= 0.3 is 0 Å². The van der Waals surface area contributed by atoms with E-state index in [0.29, 0.717) is 41.5 Å². The fourth-order valence-corrected chi connectivity index (χ4v) is 5.97. The number of sulfonamides is 1. The van der Waals surface area contributed by atoms with Crippen molar-refractivity contribution in [3.05, 3.63) is 58.0 Å². The smallest absolute Gasteiger partial charge is 0.224 e. The van der Waals surface area contributed by atoms with E-state index in [0.717, 1.165) is 17.3 Å². The first kappa shape index (κ1) is 23.5. The molecule has 1 fully saturated rings. The number of furan rings is 1. The lowest BCUT2D eigenvalue weighted by Gasteiger charge is -2.31. The van der Waals surface area contributed by atoms with Crippen LogP contribution in [0.5, 0.6) is 0 Å². The van der Waals surface area contributed by atoms with Crippen molar-refractivity contribution in [1.29, 1.82) is 0 Å². The van der Waals surface area contributed by atoms with Crippen molar-refractivity contribution in [1.82, 2.24) is 9.62 Å². The summed E-state index contributed by atoms with van der Waals surface area (Å²) in [6.45, 7) is 1.16. The Balaban J connectivity index is 1.47. The molecule has 1 aromatic heterocycles. The molecule has 0 spiro atoms. The number of hydrogen-bond acceptors (Lipinski definition) is 5. The summed E-state index contributed by atoms with van der Waals surface area (Å²) in [4.78, 5) is 12.5. The number of benzene rings is 1. The maximum atomic E-state index is 12.8. The van der Waals surface area contributed by atoms with E-state index in [9.17, 15) is 13.2 Å². The van der Waals surface area contributed by atoms with Gasteiger partial charge in [-0.25, -0.2) is 12.7 Å². The predicted molar refractivity (Wildman–Crippen MR) is 121 cm³/mol. The van der Waals surface area contributed by atoms with Crippen molar-refractivity contribution in [2.45, 2.75) is 24.3 Å². The summed E-state index contributed by atoms with van der Waals surface area (Å²) in [6, 6.07) is 8.57. The van der Waals surface area contributed by atoms with Gasteiger partial charge < -0.3 is 9.73 Å². The van der Waals surface area contributed by atoms with Crippen molar-refractivity contribution in [2.24, 2.45) is 5.92 Å². The second-order valence-corrected chi connectivity index (χ2v) is 11.0. The molecule has 0 unspecified atom stereocenters. The van der Waals surface area contributed by atoms with Gasteiger partial charge in [0.15, 0.2) is 0 Å². The highest BCUT2D eigenvalue weighted by Gasteiger charge is 2.32. The quantitative estimate of drug-likeness (QED) is 0.533. The van der Waals surface area contributed by atoms with Gasteiger partial charge in [-0.15, -0.1) is 0 Å². The SMILES string of the molecule is O=C(NCCSCc1ccco1)[C@@H]1CCCN(S(=O)(=O)Cc2ccc(Cl)c(Cl)c2)C1. The van der Waals surface area contributed by atoms with Gasteiger partial charge in [0.05, 0.1) is 33.7 Å². The van der Waals surface area contributed by atoms with Crippen LogP contribution >= 0.6 is 35.0 Å². The van der Waals surface area contributed by atoms with Gasteiger partial charge in [0.25, 0.3) is 0 Å². The van der Waals surface area contributed by atoms with Crippen LogP contribution in [0.1, 0.15) is 24.2 Å². The number of amides is 1. The number of thioether (sulfide) groups is 1. The van der Waals surface area contributed by atoms with Gasteiger partial charge in [-0.1, -0.05) is 29.3 Å². The van der Waals surface area contributed by atoms with Crippen LogP contribution in [0.3, 0.4) is 0 Å². The lowest BCUT2D eigenvalue weighted by Crippen LogP contribution is -2.46. The zero-order valence-electron chi connectivity index (χ0n) is 16.4. The zero-order valence-corrected chi connectivity index (χ0v) is 19.5. The summed E-state index contributed by atoms with van der Waals surface area (Å²) in [5, 5.41) is 3.63. The molecule has 3 rings (SSSR count). The molecule has 30 heavy (non-hydrogen) atoms. The third-order valence-electron chi connectivity index (χ3n) is 4.85. The molecule has 1 N–H and O–H groups in total. The minimum absolute atomic E-state index is 0.0944. The lowest BCUT2D eigenvalue weighted by atomic mass is 9.99. The monoisotopic (exact) mass is 490 g/mol. The highest BCUT2D eigenvalue weighted by molar-refractivity contribution is 7.98. The minimum Gasteiger partial charge on any atom is -0.468 e. The van der Waals surface area contributed by atoms with E-state index >= 15 is 0 Å². The molecule has 1 saturated heterocycles. The van der Waals surface area contributed by atoms with Crippen LogP contribution in [0.25, 0.3) is 0 Å². The number of nitrogens with one attached hydrogen (secondary N) is 1. The second kappa shape index (κ2) is 10.9. The largest absolute Gasteiger partial charge is 0.468 e. The molecule has 0 aliphatic carbocycles. The Bertz CT molecular complexity index is 952. The van der Waals surface area contributed by atoms with Crippen molar-refractivity contribution < 1.29 is 17.6 Å². The molecule has 1 aliphatic heterocycles. The summed E-state index contributed by atoms with van der Waals surface area (Å²) >= 11 is 13.6. The van der Waals surface area contributed by atoms with Crippen molar-refractivity contribution in [2.75, 3.05) is 25.4 Å². The van der Waals surface area contributed by atoms with Crippen LogP contribution in [0.15, 0.2) is 41.0 Å². The topological polar surface area (TPSA) is 79.6 Å². The van der Waals surface area contributed by atoms with E-state index in [1.165, 1.54) is 4.31 Å². The van der Waals surface area contributed by atoms with Crippen LogP contribution in [-0.2, 0) is 26.3 Å². The number of nitrogens with zero attached hydrogens (tertiary/aromatic N) is 1. The standard InChI is InChI=1S/C20H24Cl2N2O4S2/c21-18-6-5-15(11-19(18)22)14-30(26,27)24-8-1-3-16(12-24)20(25)23-7-10-29-13-17-4-2-9-28-17/h2,4-6,9,11,16H,1,3,7-8,10,12-14H2,(H,23,25)/t16-/m1/s1.